The number of likely N-dealkylation sites (tertiary alicyclic amines) is 1. The Hall–Kier alpha value is -2.07. The minimum atomic E-state index is -4.62. The molecule has 0 radical (unpaired) electrons. The van der Waals surface area contributed by atoms with Crippen molar-refractivity contribution in [3.8, 4) is 12.0 Å². The molecule has 0 saturated carbocycles. The summed E-state index contributed by atoms with van der Waals surface area (Å²) in [6, 6.07) is 21.8. The van der Waals surface area contributed by atoms with Gasteiger partial charge in [-0.05, 0) is 31.4 Å². The molecular formula is C20H20ClNO4. The second-order valence-corrected chi connectivity index (χ2v) is 7.28. The molecule has 1 fully saturated rings. The van der Waals surface area contributed by atoms with E-state index in [-0.39, 0.29) is 6.04 Å². The van der Waals surface area contributed by atoms with Crippen LogP contribution in [0.1, 0.15) is 31.4 Å². The van der Waals surface area contributed by atoms with Gasteiger partial charge in [0.2, 0.25) is 0 Å². The summed E-state index contributed by atoms with van der Waals surface area (Å²) in [6.45, 7) is 3.61. The zero-order valence-electron chi connectivity index (χ0n) is 14.6. The van der Waals surface area contributed by atoms with E-state index in [4.69, 9.17) is 4.29 Å². The minimum absolute atomic E-state index is 0.107. The van der Waals surface area contributed by atoms with E-state index in [0.717, 1.165) is 11.1 Å². The molecule has 0 aromatic heterocycles. The van der Waals surface area contributed by atoms with Gasteiger partial charge in [0.15, 0.2) is 0 Å². The molecule has 2 atom stereocenters. The van der Waals surface area contributed by atoms with Gasteiger partial charge in [-0.15, -0.1) is 0 Å². The topological polar surface area (TPSA) is 81.7 Å². The lowest BCUT2D eigenvalue weighted by Crippen LogP contribution is -2.65. The monoisotopic (exact) mass is 373 g/mol. The number of nitrogens with zero attached hydrogens (tertiary/aromatic N) is 1. The van der Waals surface area contributed by atoms with Crippen molar-refractivity contribution in [3.05, 3.63) is 71.8 Å². The highest BCUT2D eigenvalue weighted by atomic mass is 35.7. The van der Waals surface area contributed by atoms with Crippen molar-refractivity contribution >= 4 is 0 Å². The smallest absolute Gasteiger partial charge is 0.288 e. The molecule has 2 aromatic rings. The van der Waals surface area contributed by atoms with Crippen LogP contribution in [0.2, 0.25) is 0 Å². The van der Waals surface area contributed by atoms with Gasteiger partial charge in [-0.1, -0.05) is 66.6 Å². The Balaban J connectivity index is 2.24. The van der Waals surface area contributed by atoms with Crippen molar-refractivity contribution in [1.29, 1.82) is 0 Å². The fourth-order valence-corrected chi connectivity index (χ4v) is 4.26. The van der Waals surface area contributed by atoms with Crippen LogP contribution in [0, 0.1) is 22.2 Å². The molecule has 5 nitrogen and oxygen atoms in total. The fourth-order valence-electron chi connectivity index (χ4n) is 3.81. The van der Waals surface area contributed by atoms with Crippen LogP contribution >= 0.6 is 0 Å². The van der Waals surface area contributed by atoms with Crippen molar-refractivity contribution in [2.75, 3.05) is 0 Å². The van der Waals surface area contributed by atoms with E-state index in [1.807, 2.05) is 67.6 Å². The molecule has 2 unspecified atom stereocenters. The van der Waals surface area contributed by atoms with Crippen molar-refractivity contribution in [2.24, 2.45) is 0 Å². The van der Waals surface area contributed by atoms with Crippen LogP contribution in [0.25, 0.3) is 0 Å². The van der Waals surface area contributed by atoms with Gasteiger partial charge in [0.1, 0.15) is 0 Å². The maximum Gasteiger partial charge on any atom is 0.307 e. The summed E-state index contributed by atoms with van der Waals surface area (Å²) in [7, 11) is -4.62. The highest BCUT2D eigenvalue weighted by Crippen LogP contribution is 2.48. The van der Waals surface area contributed by atoms with Gasteiger partial charge in [0.25, 0.3) is 0 Å². The van der Waals surface area contributed by atoms with Crippen LogP contribution in [0.4, 0.5) is 0 Å². The van der Waals surface area contributed by atoms with Gasteiger partial charge in [-0.25, -0.2) is 0 Å². The predicted octanol–water partition coefficient (Wildman–Crippen LogP) is 0.288. The molecule has 1 aliphatic heterocycles. The quantitative estimate of drug-likeness (QED) is 0.719. The molecule has 3 rings (SSSR count). The number of hydrogen-bond donors (Lipinski definition) is 0. The summed E-state index contributed by atoms with van der Waals surface area (Å²) < 4.78 is 39.6. The van der Waals surface area contributed by atoms with E-state index in [2.05, 4.69) is 12.0 Å². The maximum atomic E-state index is 11.5. The van der Waals surface area contributed by atoms with E-state index in [9.17, 15) is 14.0 Å². The molecular weight excluding hydrogens is 354 g/mol. The van der Waals surface area contributed by atoms with Crippen LogP contribution in [0.5, 0.6) is 0 Å². The van der Waals surface area contributed by atoms with Crippen LogP contribution in [-0.4, -0.2) is 17.2 Å². The molecule has 1 aliphatic rings. The first-order chi connectivity index (χ1) is 12.4. The molecule has 6 heteroatoms. The molecule has 1 saturated heterocycles. The van der Waals surface area contributed by atoms with Gasteiger partial charge < -0.3 is 0 Å². The molecule has 1 heterocycles. The summed E-state index contributed by atoms with van der Waals surface area (Å²) in [4.78, 5) is 1.63. The zero-order valence-corrected chi connectivity index (χ0v) is 15.3. The van der Waals surface area contributed by atoms with Gasteiger partial charge >= 0.3 is 6.23 Å². The van der Waals surface area contributed by atoms with Gasteiger partial charge in [-0.3, -0.25) is 4.90 Å². The fraction of sp³-hybridized carbons (Fsp3) is 0.300. The highest BCUT2D eigenvalue weighted by Gasteiger charge is 2.60. The summed E-state index contributed by atoms with van der Waals surface area (Å²) in [5, 5.41) is 0. The Morgan fingerprint density at radius 2 is 1.50 bits per heavy atom. The normalized spacial score (nSPS) is 22.0. The Morgan fingerprint density at radius 3 is 1.92 bits per heavy atom. The molecule has 26 heavy (non-hydrogen) atoms. The van der Waals surface area contributed by atoms with E-state index in [0.29, 0.717) is 6.42 Å². The summed E-state index contributed by atoms with van der Waals surface area (Å²) in [6.07, 6.45) is -0.496. The molecule has 136 valence electrons. The lowest BCUT2D eigenvalue weighted by molar-refractivity contribution is -1.92. The van der Waals surface area contributed by atoms with Gasteiger partial charge in [0.05, 0.1) is 19.9 Å². The first-order valence-corrected chi connectivity index (χ1v) is 9.53. The van der Waals surface area contributed by atoms with E-state index < -0.39 is 21.9 Å². The minimum Gasteiger partial charge on any atom is -0.288 e. The Kier molecular flexibility index (Phi) is 5.24. The Labute approximate surface area is 155 Å². The third kappa shape index (κ3) is 3.43. The van der Waals surface area contributed by atoms with Gasteiger partial charge in [-0.2, -0.15) is 14.0 Å². The van der Waals surface area contributed by atoms with Crippen molar-refractivity contribution in [1.82, 2.24) is 4.90 Å². The van der Waals surface area contributed by atoms with E-state index >= 15 is 0 Å². The summed E-state index contributed by atoms with van der Waals surface area (Å²) in [5.41, 5.74) is 0.917. The number of hydrogen-bond acceptors (Lipinski definition) is 5. The maximum absolute atomic E-state index is 11.5. The van der Waals surface area contributed by atoms with Crippen LogP contribution in [-0.2, 0) is 9.70 Å². The lowest BCUT2D eigenvalue weighted by atomic mass is 9.72. The van der Waals surface area contributed by atoms with Gasteiger partial charge in [0, 0.05) is 12.1 Å². The number of halogens is 1. The van der Waals surface area contributed by atoms with Crippen molar-refractivity contribution in [2.45, 2.75) is 38.0 Å². The first-order valence-electron chi connectivity index (χ1n) is 8.29. The Bertz CT molecular complexity index is 756. The van der Waals surface area contributed by atoms with Crippen molar-refractivity contribution in [3.63, 3.8) is 0 Å². The lowest BCUT2D eigenvalue weighted by Gasteiger charge is -2.34. The number of benzene rings is 2. The van der Waals surface area contributed by atoms with E-state index in [1.165, 1.54) is 0 Å². The van der Waals surface area contributed by atoms with E-state index in [1.54, 1.807) is 11.8 Å². The standard InChI is InChI=1S/C20H20ClNO4/c1-3-14-22-16(2)15-20(17-10-6-4-7-11-17,18-12-8-5-9-13-18)19(22)26-21(23,24)25/h4-13,16,19H,15H2,1-2H3. The second-order valence-electron chi connectivity index (χ2n) is 6.35. The zero-order chi connectivity index (χ0) is 18.8. The largest absolute Gasteiger partial charge is 0.307 e. The third-order valence-corrected chi connectivity index (χ3v) is 5.17. The van der Waals surface area contributed by atoms with Crippen LogP contribution in [0.3, 0.4) is 0 Å². The SMILES string of the molecule is CC#CN1C(C)CC(c2ccccc2)(c2ccccc2)C1O[Cl+3]([O-])([O-])[O-]. The average Bonchev–Trinajstić information content (AvgIpc) is 2.89. The first kappa shape index (κ1) is 18.7. The Morgan fingerprint density at radius 1 is 1.00 bits per heavy atom. The van der Waals surface area contributed by atoms with Crippen molar-refractivity contribution < 1.29 is 28.5 Å². The molecule has 2 aromatic carbocycles. The van der Waals surface area contributed by atoms with Crippen LogP contribution in [0.15, 0.2) is 60.7 Å². The average molecular weight is 374 g/mol. The highest BCUT2D eigenvalue weighted by molar-refractivity contribution is 5.43. The molecule has 0 amide bonds. The summed E-state index contributed by atoms with van der Waals surface area (Å²) in [5.74, 6) is 2.79. The number of rotatable bonds is 4. The predicted molar refractivity (Wildman–Crippen MR) is 87.9 cm³/mol. The molecule has 0 spiro atoms. The molecule has 0 aliphatic carbocycles. The second kappa shape index (κ2) is 7.28. The molecule has 0 bridgehead atoms. The molecule has 0 N–H and O–H groups in total. The third-order valence-electron chi connectivity index (χ3n) is 4.78. The summed E-state index contributed by atoms with van der Waals surface area (Å²) >= 11 is 0. The van der Waals surface area contributed by atoms with Crippen LogP contribution < -0.4 is 14.0 Å².